The van der Waals surface area contributed by atoms with Crippen LogP contribution in [-0.2, 0) is 6.42 Å². The summed E-state index contributed by atoms with van der Waals surface area (Å²) in [5.74, 6) is 1.04. The summed E-state index contributed by atoms with van der Waals surface area (Å²) in [7, 11) is 0. The highest BCUT2D eigenvalue weighted by atomic mass is 14.9. The van der Waals surface area contributed by atoms with Gasteiger partial charge in [-0.2, -0.15) is 0 Å². The van der Waals surface area contributed by atoms with Crippen LogP contribution in [-0.4, -0.2) is 9.97 Å². The van der Waals surface area contributed by atoms with Crippen LogP contribution in [0.4, 0.5) is 5.69 Å². The van der Waals surface area contributed by atoms with Crippen molar-refractivity contribution in [3.8, 4) is 0 Å². The molecule has 14 heavy (non-hydrogen) atoms. The number of benzene rings is 1. The number of imidazole rings is 1. The summed E-state index contributed by atoms with van der Waals surface area (Å²) in [5.41, 5.74) is 8.51. The summed E-state index contributed by atoms with van der Waals surface area (Å²) in [6, 6.07) is 5.83. The number of para-hydroxylation sites is 1. The minimum atomic E-state index is 0.751. The summed E-state index contributed by atoms with van der Waals surface area (Å²) in [4.78, 5) is 7.75. The van der Waals surface area contributed by atoms with E-state index in [2.05, 4.69) is 16.9 Å². The summed E-state index contributed by atoms with van der Waals surface area (Å²) in [6.45, 7) is 2.18. The Bertz CT molecular complexity index is 431. The van der Waals surface area contributed by atoms with Crippen LogP contribution >= 0.6 is 0 Å². The van der Waals surface area contributed by atoms with Crippen molar-refractivity contribution in [1.82, 2.24) is 9.97 Å². The zero-order valence-electron chi connectivity index (χ0n) is 8.38. The molecule has 0 spiro atoms. The molecule has 0 aliphatic carbocycles. The van der Waals surface area contributed by atoms with E-state index in [1.165, 1.54) is 12.8 Å². The number of aromatic amines is 1. The number of nitrogens with zero attached hydrogens (tertiary/aromatic N) is 1. The number of nitrogen functional groups attached to an aromatic ring is 1. The van der Waals surface area contributed by atoms with E-state index in [9.17, 15) is 0 Å². The SMILES string of the molecule is CCCCc1nc2c(N)cccc2[nH]1. The van der Waals surface area contributed by atoms with E-state index in [1.54, 1.807) is 0 Å². The van der Waals surface area contributed by atoms with E-state index in [-0.39, 0.29) is 0 Å². The molecule has 1 aromatic heterocycles. The van der Waals surface area contributed by atoms with Crippen LogP contribution in [0, 0.1) is 0 Å². The van der Waals surface area contributed by atoms with Crippen LogP contribution in [0.5, 0.6) is 0 Å². The highest BCUT2D eigenvalue weighted by molar-refractivity contribution is 5.86. The first-order chi connectivity index (χ1) is 6.81. The van der Waals surface area contributed by atoms with Crippen LogP contribution in [0.15, 0.2) is 18.2 Å². The maximum atomic E-state index is 5.82. The number of nitrogens with one attached hydrogen (secondary N) is 1. The summed E-state index contributed by atoms with van der Waals surface area (Å²) >= 11 is 0. The monoisotopic (exact) mass is 189 g/mol. The molecule has 0 amide bonds. The molecule has 3 heteroatoms. The van der Waals surface area contributed by atoms with E-state index in [1.807, 2.05) is 18.2 Å². The third-order valence-corrected chi connectivity index (χ3v) is 2.36. The lowest BCUT2D eigenvalue weighted by Crippen LogP contribution is -1.87. The van der Waals surface area contributed by atoms with Crippen LogP contribution < -0.4 is 5.73 Å². The first-order valence-corrected chi connectivity index (χ1v) is 5.04. The van der Waals surface area contributed by atoms with Crippen molar-refractivity contribution in [2.24, 2.45) is 0 Å². The molecule has 0 saturated heterocycles. The number of aryl methyl sites for hydroxylation is 1. The van der Waals surface area contributed by atoms with Crippen molar-refractivity contribution in [3.63, 3.8) is 0 Å². The van der Waals surface area contributed by atoms with E-state index in [0.717, 1.165) is 29.0 Å². The maximum absolute atomic E-state index is 5.82. The Balaban J connectivity index is 2.36. The van der Waals surface area contributed by atoms with Gasteiger partial charge in [0, 0.05) is 6.42 Å². The Kier molecular flexibility index (Phi) is 2.39. The Labute approximate surface area is 83.3 Å². The molecule has 0 fully saturated rings. The fourth-order valence-electron chi connectivity index (χ4n) is 1.57. The molecule has 0 radical (unpaired) electrons. The highest BCUT2D eigenvalue weighted by Crippen LogP contribution is 2.18. The van der Waals surface area contributed by atoms with Gasteiger partial charge in [0.1, 0.15) is 11.3 Å². The summed E-state index contributed by atoms with van der Waals surface area (Å²) in [6.07, 6.45) is 3.36. The molecule has 0 bridgehead atoms. The molecule has 0 aliphatic rings. The van der Waals surface area contributed by atoms with Crippen molar-refractivity contribution >= 4 is 16.7 Å². The van der Waals surface area contributed by atoms with Gasteiger partial charge in [0.2, 0.25) is 0 Å². The van der Waals surface area contributed by atoms with Crippen molar-refractivity contribution < 1.29 is 0 Å². The molecule has 0 unspecified atom stereocenters. The average Bonchev–Trinajstić information content (AvgIpc) is 2.59. The molecular formula is C11H15N3. The Morgan fingerprint density at radius 1 is 1.43 bits per heavy atom. The number of nitrogens with two attached hydrogens (primary N) is 1. The second-order valence-corrected chi connectivity index (χ2v) is 3.53. The number of unbranched alkanes of at least 4 members (excludes halogenated alkanes) is 1. The van der Waals surface area contributed by atoms with E-state index >= 15 is 0 Å². The van der Waals surface area contributed by atoms with Gasteiger partial charge in [-0.25, -0.2) is 4.98 Å². The predicted octanol–water partition coefficient (Wildman–Crippen LogP) is 2.49. The average molecular weight is 189 g/mol. The van der Waals surface area contributed by atoms with Crippen LogP contribution in [0.1, 0.15) is 25.6 Å². The van der Waals surface area contributed by atoms with Gasteiger partial charge in [0.25, 0.3) is 0 Å². The lowest BCUT2D eigenvalue weighted by Gasteiger charge is -1.91. The van der Waals surface area contributed by atoms with Crippen molar-refractivity contribution in [1.29, 1.82) is 0 Å². The number of rotatable bonds is 3. The highest BCUT2D eigenvalue weighted by Gasteiger charge is 2.03. The molecule has 2 aromatic rings. The predicted molar refractivity (Wildman–Crippen MR) is 59.1 cm³/mol. The third kappa shape index (κ3) is 1.58. The van der Waals surface area contributed by atoms with Crippen molar-refractivity contribution in [2.75, 3.05) is 5.73 Å². The Morgan fingerprint density at radius 2 is 2.29 bits per heavy atom. The Morgan fingerprint density at radius 3 is 3.00 bits per heavy atom. The second-order valence-electron chi connectivity index (χ2n) is 3.53. The van der Waals surface area contributed by atoms with Gasteiger partial charge in [-0.3, -0.25) is 0 Å². The van der Waals surface area contributed by atoms with Gasteiger partial charge >= 0.3 is 0 Å². The largest absolute Gasteiger partial charge is 0.397 e. The van der Waals surface area contributed by atoms with E-state index in [0.29, 0.717) is 0 Å². The number of hydrogen-bond donors (Lipinski definition) is 2. The minimum Gasteiger partial charge on any atom is -0.397 e. The van der Waals surface area contributed by atoms with Crippen LogP contribution in [0.25, 0.3) is 11.0 Å². The molecule has 0 aliphatic heterocycles. The van der Waals surface area contributed by atoms with Gasteiger partial charge in [-0.1, -0.05) is 19.4 Å². The number of hydrogen-bond acceptors (Lipinski definition) is 2. The number of anilines is 1. The minimum absolute atomic E-state index is 0.751. The lowest BCUT2D eigenvalue weighted by atomic mass is 10.2. The zero-order chi connectivity index (χ0) is 9.97. The number of H-pyrrole nitrogens is 1. The Hall–Kier alpha value is -1.51. The van der Waals surface area contributed by atoms with Crippen LogP contribution in [0.2, 0.25) is 0 Å². The smallest absolute Gasteiger partial charge is 0.111 e. The molecule has 0 saturated carbocycles. The zero-order valence-corrected chi connectivity index (χ0v) is 8.38. The molecule has 2 rings (SSSR count). The standard InChI is InChI=1S/C11H15N3/c1-2-3-7-10-13-9-6-4-5-8(12)11(9)14-10/h4-6H,2-3,7,12H2,1H3,(H,13,14). The molecule has 1 aromatic carbocycles. The molecule has 3 N–H and O–H groups in total. The molecule has 3 nitrogen and oxygen atoms in total. The molecule has 0 atom stereocenters. The quantitative estimate of drug-likeness (QED) is 0.729. The van der Waals surface area contributed by atoms with Gasteiger partial charge in [0.05, 0.1) is 11.2 Å². The van der Waals surface area contributed by atoms with E-state index < -0.39 is 0 Å². The topological polar surface area (TPSA) is 54.7 Å². The van der Waals surface area contributed by atoms with Gasteiger partial charge < -0.3 is 10.7 Å². The fraction of sp³-hybridized carbons (Fsp3) is 0.364. The fourth-order valence-corrected chi connectivity index (χ4v) is 1.57. The summed E-state index contributed by atoms with van der Waals surface area (Å²) < 4.78 is 0. The molecular weight excluding hydrogens is 174 g/mol. The van der Waals surface area contributed by atoms with Gasteiger partial charge in [-0.05, 0) is 18.6 Å². The van der Waals surface area contributed by atoms with Crippen LogP contribution in [0.3, 0.4) is 0 Å². The second kappa shape index (κ2) is 3.70. The number of aromatic nitrogens is 2. The third-order valence-electron chi connectivity index (χ3n) is 2.36. The van der Waals surface area contributed by atoms with Gasteiger partial charge in [-0.15, -0.1) is 0 Å². The maximum Gasteiger partial charge on any atom is 0.111 e. The van der Waals surface area contributed by atoms with E-state index in [4.69, 9.17) is 5.73 Å². The summed E-state index contributed by atoms with van der Waals surface area (Å²) in [5, 5.41) is 0. The molecule has 1 heterocycles. The first kappa shape index (κ1) is 9.06. The van der Waals surface area contributed by atoms with Gasteiger partial charge in [0.15, 0.2) is 0 Å². The van der Waals surface area contributed by atoms with Crippen molar-refractivity contribution in [3.05, 3.63) is 24.0 Å². The first-order valence-electron chi connectivity index (χ1n) is 5.04. The normalized spacial score (nSPS) is 10.9. The number of fused-ring (bicyclic) bond motifs is 1. The molecule has 74 valence electrons. The van der Waals surface area contributed by atoms with Crippen molar-refractivity contribution in [2.45, 2.75) is 26.2 Å². The lowest BCUT2D eigenvalue weighted by molar-refractivity contribution is 0.765.